The van der Waals surface area contributed by atoms with E-state index < -0.39 is 12.2 Å². The second-order valence-electron chi connectivity index (χ2n) is 5.51. The fraction of sp³-hybridized carbons (Fsp3) is 0.562. The lowest BCUT2D eigenvalue weighted by atomic mass is 10.1. The Bertz CT molecular complexity index is 498. The summed E-state index contributed by atoms with van der Waals surface area (Å²) in [5.74, 6) is 0.476. The smallest absolute Gasteiger partial charge is 0.263 e. The molecular formula is C16H22ClNO3. The van der Waals surface area contributed by atoms with Crippen molar-refractivity contribution in [1.82, 2.24) is 4.90 Å². The Labute approximate surface area is 130 Å². The number of hydrogen-bond donors (Lipinski definition) is 1. The number of hydrogen-bond acceptors (Lipinski definition) is 3. The first kappa shape index (κ1) is 16.1. The van der Waals surface area contributed by atoms with Crippen molar-refractivity contribution in [2.45, 2.75) is 45.3 Å². The average Bonchev–Trinajstić information content (AvgIpc) is 2.49. The van der Waals surface area contributed by atoms with Crippen LogP contribution in [0.2, 0.25) is 5.02 Å². The van der Waals surface area contributed by atoms with Gasteiger partial charge in [-0.15, -0.1) is 0 Å². The van der Waals surface area contributed by atoms with Gasteiger partial charge in [0.15, 0.2) is 6.10 Å². The molecule has 2 atom stereocenters. The van der Waals surface area contributed by atoms with E-state index in [2.05, 4.69) is 0 Å². The van der Waals surface area contributed by atoms with Crippen LogP contribution in [0.25, 0.3) is 0 Å². The summed E-state index contributed by atoms with van der Waals surface area (Å²) in [6.07, 6.45) is 2.16. The number of rotatable bonds is 4. The van der Waals surface area contributed by atoms with Gasteiger partial charge in [0.05, 0.1) is 11.1 Å². The molecule has 0 saturated carbocycles. The van der Waals surface area contributed by atoms with E-state index in [1.165, 1.54) is 6.42 Å². The molecule has 1 N–H and O–H groups in total. The van der Waals surface area contributed by atoms with Gasteiger partial charge in [0.2, 0.25) is 0 Å². The molecule has 0 bridgehead atoms. The maximum Gasteiger partial charge on any atom is 0.263 e. The van der Waals surface area contributed by atoms with Crippen LogP contribution in [0.5, 0.6) is 5.75 Å². The van der Waals surface area contributed by atoms with Gasteiger partial charge in [0.1, 0.15) is 5.75 Å². The van der Waals surface area contributed by atoms with Crippen molar-refractivity contribution in [3.05, 3.63) is 28.8 Å². The third kappa shape index (κ3) is 4.11. The number of likely N-dealkylation sites (tertiary alicyclic amines) is 1. The summed E-state index contributed by atoms with van der Waals surface area (Å²) in [6.45, 7) is 5.03. The first-order valence-corrected chi connectivity index (χ1v) is 7.80. The molecule has 116 valence electrons. The van der Waals surface area contributed by atoms with Crippen LogP contribution in [0.3, 0.4) is 0 Å². The van der Waals surface area contributed by atoms with E-state index in [1.54, 1.807) is 32.0 Å². The summed E-state index contributed by atoms with van der Waals surface area (Å²) in [7, 11) is 0. The minimum atomic E-state index is -0.580. The molecule has 1 heterocycles. The zero-order chi connectivity index (χ0) is 15.4. The standard InChI is InChI=1S/C16H22ClNO3/c1-11(19)13-6-7-15(14(17)10-13)21-12(2)16(20)18-8-4-3-5-9-18/h6-7,10-12,19H,3-5,8-9H2,1-2H3/t11-,12?/m0/s1. The lowest BCUT2D eigenvalue weighted by Gasteiger charge is -2.29. The Morgan fingerprint density at radius 2 is 1.95 bits per heavy atom. The molecule has 0 aromatic heterocycles. The summed E-state index contributed by atoms with van der Waals surface area (Å²) in [4.78, 5) is 14.2. The summed E-state index contributed by atoms with van der Waals surface area (Å²) < 4.78 is 5.69. The Kier molecular flexibility index (Phi) is 5.48. The van der Waals surface area contributed by atoms with Gasteiger partial charge < -0.3 is 14.7 Å². The molecule has 1 aromatic carbocycles. The van der Waals surface area contributed by atoms with Gasteiger partial charge in [0.25, 0.3) is 5.91 Å². The van der Waals surface area contributed by atoms with E-state index in [-0.39, 0.29) is 5.91 Å². The summed E-state index contributed by atoms with van der Waals surface area (Å²) in [5, 5.41) is 9.93. The SMILES string of the molecule is CC(Oc1ccc([C@H](C)O)cc1Cl)C(=O)N1CCCCC1. The van der Waals surface area contributed by atoms with Crippen LogP contribution in [0.1, 0.15) is 44.8 Å². The topological polar surface area (TPSA) is 49.8 Å². The molecule has 1 saturated heterocycles. The summed E-state index contributed by atoms with van der Waals surface area (Å²) in [5.41, 5.74) is 0.724. The minimum absolute atomic E-state index is 0.00497. The van der Waals surface area contributed by atoms with Crippen LogP contribution in [0.15, 0.2) is 18.2 Å². The van der Waals surface area contributed by atoms with Crippen molar-refractivity contribution in [1.29, 1.82) is 0 Å². The highest BCUT2D eigenvalue weighted by molar-refractivity contribution is 6.32. The summed E-state index contributed by atoms with van der Waals surface area (Å²) >= 11 is 6.15. The fourth-order valence-corrected chi connectivity index (χ4v) is 2.72. The van der Waals surface area contributed by atoms with Gasteiger partial charge in [-0.25, -0.2) is 0 Å². The Morgan fingerprint density at radius 1 is 1.29 bits per heavy atom. The summed E-state index contributed by atoms with van der Waals surface area (Å²) in [6, 6.07) is 5.12. The predicted molar refractivity (Wildman–Crippen MR) is 82.6 cm³/mol. The molecular weight excluding hydrogens is 290 g/mol. The number of aliphatic hydroxyl groups is 1. The number of piperidine rings is 1. The van der Waals surface area contributed by atoms with E-state index in [4.69, 9.17) is 16.3 Å². The molecule has 0 radical (unpaired) electrons. The van der Waals surface area contributed by atoms with Crippen LogP contribution in [-0.2, 0) is 4.79 Å². The maximum atomic E-state index is 12.3. The van der Waals surface area contributed by atoms with E-state index in [0.29, 0.717) is 10.8 Å². The highest BCUT2D eigenvalue weighted by Gasteiger charge is 2.24. The lowest BCUT2D eigenvalue weighted by Crippen LogP contribution is -2.43. The third-order valence-electron chi connectivity index (χ3n) is 3.76. The minimum Gasteiger partial charge on any atom is -0.479 e. The normalized spacial score (nSPS) is 18.2. The molecule has 0 spiro atoms. The van der Waals surface area contributed by atoms with E-state index in [0.717, 1.165) is 31.5 Å². The largest absolute Gasteiger partial charge is 0.479 e. The van der Waals surface area contributed by atoms with Crippen LogP contribution in [-0.4, -0.2) is 35.1 Å². The van der Waals surface area contributed by atoms with Gasteiger partial charge in [-0.1, -0.05) is 17.7 Å². The highest BCUT2D eigenvalue weighted by atomic mass is 35.5. The number of benzene rings is 1. The lowest BCUT2D eigenvalue weighted by molar-refractivity contribution is -0.138. The second-order valence-corrected chi connectivity index (χ2v) is 5.92. The zero-order valence-corrected chi connectivity index (χ0v) is 13.3. The number of ether oxygens (including phenoxy) is 1. The quantitative estimate of drug-likeness (QED) is 0.929. The second kappa shape index (κ2) is 7.14. The van der Waals surface area contributed by atoms with Crippen molar-refractivity contribution in [2.24, 2.45) is 0 Å². The maximum absolute atomic E-state index is 12.3. The van der Waals surface area contributed by atoms with Gasteiger partial charge in [-0.2, -0.15) is 0 Å². The van der Waals surface area contributed by atoms with Crippen LogP contribution in [0, 0.1) is 0 Å². The molecule has 0 aliphatic carbocycles. The van der Waals surface area contributed by atoms with E-state index in [9.17, 15) is 9.90 Å². The molecule has 1 aromatic rings. The van der Waals surface area contributed by atoms with Crippen molar-refractivity contribution in [3.63, 3.8) is 0 Å². The van der Waals surface area contributed by atoms with Gasteiger partial charge >= 0.3 is 0 Å². The van der Waals surface area contributed by atoms with Gasteiger partial charge in [-0.05, 0) is 50.8 Å². The molecule has 1 aliphatic rings. The highest BCUT2D eigenvalue weighted by Crippen LogP contribution is 2.29. The van der Waals surface area contributed by atoms with E-state index >= 15 is 0 Å². The molecule has 1 fully saturated rings. The Hall–Kier alpha value is -1.26. The number of amides is 1. The van der Waals surface area contributed by atoms with Crippen LogP contribution >= 0.6 is 11.6 Å². The third-order valence-corrected chi connectivity index (χ3v) is 4.05. The van der Waals surface area contributed by atoms with Crippen molar-refractivity contribution in [3.8, 4) is 5.75 Å². The Morgan fingerprint density at radius 3 is 2.52 bits per heavy atom. The fourth-order valence-electron chi connectivity index (χ4n) is 2.48. The first-order chi connectivity index (χ1) is 9.99. The van der Waals surface area contributed by atoms with Gasteiger partial charge in [0, 0.05) is 13.1 Å². The zero-order valence-electron chi connectivity index (χ0n) is 12.5. The number of carbonyl (C=O) groups excluding carboxylic acids is 1. The molecule has 1 amide bonds. The molecule has 21 heavy (non-hydrogen) atoms. The first-order valence-electron chi connectivity index (χ1n) is 7.42. The number of carbonyl (C=O) groups is 1. The van der Waals surface area contributed by atoms with Crippen molar-refractivity contribution >= 4 is 17.5 Å². The van der Waals surface area contributed by atoms with Crippen molar-refractivity contribution in [2.75, 3.05) is 13.1 Å². The molecule has 5 heteroatoms. The molecule has 4 nitrogen and oxygen atoms in total. The van der Waals surface area contributed by atoms with Gasteiger partial charge in [-0.3, -0.25) is 4.79 Å². The predicted octanol–water partition coefficient (Wildman–Crippen LogP) is 3.17. The number of halogens is 1. The molecule has 2 rings (SSSR count). The Balaban J connectivity index is 2.01. The monoisotopic (exact) mass is 311 g/mol. The van der Waals surface area contributed by atoms with E-state index in [1.807, 2.05) is 4.90 Å². The van der Waals surface area contributed by atoms with Crippen LogP contribution in [0.4, 0.5) is 0 Å². The molecule has 1 unspecified atom stereocenters. The van der Waals surface area contributed by atoms with Crippen molar-refractivity contribution < 1.29 is 14.6 Å². The number of nitrogens with zero attached hydrogens (tertiary/aromatic N) is 1. The average molecular weight is 312 g/mol. The molecule has 1 aliphatic heterocycles. The van der Waals surface area contributed by atoms with Crippen LogP contribution < -0.4 is 4.74 Å². The number of aliphatic hydroxyl groups excluding tert-OH is 1.